The number of rotatable bonds is 2. The van der Waals surface area contributed by atoms with Crippen molar-refractivity contribution >= 4 is 10.0 Å². The largest absolute Gasteiger partial charge is 0.375 e. The van der Waals surface area contributed by atoms with Gasteiger partial charge in [-0.15, -0.1) is 0 Å². The molecule has 1 atom stereocenters. The molecule has 1 saturated carbocycles. The lowest BCUT2D eigenvalue weighted by Gasteiger charge is -2.52. The molecule has 0 radical (unpaired) electrons. The van der Waals surface area contributed by atoms with E-state index in [0.29, 0.717) is 18.2 Å². The molecule has 1 unspecified atom stereocenters. The van der Waals surface area contributed by atoms with Crippen molar-refractivity contribution in [1.82, 2.24) is 14.1 Å². The van der Waals surface area contributed by atoms with Crippen LogP contribution >= 0.6 is 0 Å². The second-order valence-electron chi connectivity index (χ2n) is 7.30. The maximum absolute atomic E-state index is 13.5. The Balaban J connectivity index is 1.79. The van der Waals surface area contributed by atoms with E-state index in [-0.39, 0.29) is 11.6 Å². The molecule has 6 nitrogen and oxygen atoms in total. The quantitative estimate of drug-likeness (QED) is 0.821. The molecule has 0 aromatic carbocycles. The lowest BCUT2D eigenvalue weighted by atomic mass is 9.76. The van der Waals surface area contributed by atoms with Gasteiger partial charge in [-0.25, -0.2) is 8.42 Å². The average Bonchev–Trinajstić information content (AvgIpc) is 2.82. The molecule has 1 aromatic rings. The normalized spacial score (nSPS) is 27.7. The average molecular weight is 339 g/mol. The third-order valence-electron chi connectivity index (χ3n) is 5.67. The number of aromatic nitrogens is 2. The summed E-state index contributed by atoms with van der Waals surface area (Å²) in [7, 11) is -1.77. The van der Waals surface area contributed by atoms with Gasteiger partial charge >= 0.3 is 0 Å². The van der Waals surface area contributed by atoms with Gasteiger partial charge in [0.2, 0.25) is 0 Å². The summed E-state index contributed by atoms with van der Waals surface area (Å²) >= 11 is 0. The van der Waals surface area contributed by atoms with Crippen LogP contribution in [0, 0.1) is 0 Å². The molecule has 3 aliphatic rings. The van der Waals surface area contributed by atoms with Crippen LogP contribution in [0.4, 0.5) is 0 Å². The topological polar surface area (TPSA) is 64.4 Å². The fourth-order valence-electron chi connectivity index (χ4n) is 4.26. The minimum absolute atomic E-state index is 0.0555. The molecular weight excluding hydrogens is 314 g/mol. The summed E-state index contributed by atoms with van der Waals surface area (Å²) in [5.41, 5.74) is 1.60. The van der Waals surface area contributed by atoms with Crippen molar-refractivity contribution in [1.29, 1.82) is 0 Å². The van der Waals surface area contributed by atoms with Crippen molar-refractivity contribution in [2.75, 3.05) is 13.2 Å². The summed E-state index contributed by atoms with van der Waals surface area (Å²) < 4.78 is 36.1. The Morgan fingerprint density at radius 1 is 1.22 bits per heavy atom. The first-order chi connectivity index (χ1) is 10.9. The van der Waals surface area contributed by atoms with Gasteiger partial charge in [-0.2, -0.15) is 9.40 Å². The summed E-state index contributed by atoms with van der Waals surface area (Å²) in [4.78, 5) is 0. The van der Waals surface area contributed by atoms with Crippen LogP contribution in [0.5, 0.6) is 0 Å². The van der Waals surface area contributed by atoms with Crippen LogP contribution < -0.4 is 0 Å². The van der Waals surface area contributed by atoms with Crippen LogP contribution in [0.15, 0.2) is 5.03 Å². The summed E-state index contributed by atoms with van der Waals surface area (Å²) in [5.74, 6) is 0. The summed E-state index contributed by atoms with van der Waals surface area (Å²) in [6.45, 7) is 2.92. The zero-order valence-corrected chi connectivity index (χ0v) is 14.7. The van der Waals surface area contributed by atoms with Crippen LogP contribution in [-0.4, -0.2) is 47.3 Å². The van der Waals surface area contributed by atoms with Gasteiger partial charge in [-0.3, -0.25) is 4.68 Å². The van der Waals surface area contributed by atoms with Gasteiger partial charge in [0.1, 0.15) is 0 Å². The van der Waals surface area contributed by atoms with Gasteiger partial charge in [0.05, 0.1) is 23.9 Å². The zero-order chi connectivity index (χ0) is 16.2. The van der Waals surface area contributed by atoms with Gasteiger partial charge < -0.3 is 4.74 Å². The Hall–Kier alpha value is -0.920. The third-order valence-corrected chi connectivity index (χ3v) is 7.78. The highest BCUT2D eigenvalue weighted by atomic mass is 32.2. The fraction of sp³-hybridized carbons (Fsp3) is 0.812. The summed E-state index contributed by atoms with van der Waals surface area (Å²) in [5, 5.41) is 4.93. The molecule has 4 rings (SSSR count). The lowest BCUT2D eigenvalue weighted by molar-refractivity contribution is -0.100. The van der Waals surface area contributed by atoms with Crippen LogP contribution in [0.1, 0.15) is 50.3 Å². The summed E-state index contributed by atoms with van der Waals surface area (Å²) in [6, 6.07) is 0. The van der Waals surface area contributed by atoms with Crippen molar-refractivity contribution in [2.45, 2.75) is 68.5 Å². The van der Waals surface area contributed by atoms with E-state index in [9.17, 15) is 8.42 Å². The second-order valence-corrected chi connectivity index (χ2v) is 9.07. The number of hydrogen-bond donors (Lipinski definition) is 0. The number of ether oxygens (including phenoxy) is 1. The second kappa shape index (κ2) is 5.29. The molecule has 2 fully saturated rings. The van der Waals surface area contributed by atoms with E-state index >= 15 is 0 Å². The van der Waals surface area contributed by atoms with E-state index in [1.54, 1.807) is 16.0 Å². The van der Waals surface area contributed by atoms with Crippen LogP contribution in [0.3, 0.4) is 0 Å². The predicted octanol–water partition coefficient (Wildman–Crippen LogP) is 1.63. The number of fused-ring (bicyclic) bond motifs is 1. The number of nitrogens with zero attached hydrogens (tertiary/aromatic N) is 3. The molecule has 2 aliphatic carbocycles. The maximum Gasteiger partial charge on any atom is 0.261 e. The standard InChI is InChI=1S/C16H25N3O3S/c1-12-10-19(16(11-22-12)8-5-9-16)23(20,21)15-13-6-3-4-7-14(13)17-18(15)2/h12H,3-11H2,1-2H3. The zero-order valence-electron chi connectivity index (χ0n) is 13.9. The van der Waals surface area contributed by atoms with E-state index in [1.165, 1.54) is 0 Å². The van der Waals surface area contributed by atoms with E-state index in [0.717, 1.165) is 56.2 Å². The highest BCUT2D eigenvalue weighted by Gasteiger charge is 2.52. The van der Waals surface area contributed by atoms with Gasteiger partial charge in [0.15, 0.2) is 5.03 Å². The molecule has 0 N–H and O–H groups in total. The highest BCUT2D eigenvalue weighted by Crippen LogP contribution is 2.44. The van der Waals surface area contributed by atoms with Crippen molar-refractivity contribution < 1.29 is 13.2 Å². The van der Waals surface area contributed by atoms with Crippen molar-refractivity contribution in [3.05, 3.63) is 11.3 Å². The smallest absolute Gasteiger partial charge is 0.261 e. The highest BCUT2D eigenvalue weighted by molar-refractivity contribution is 7.89. The first kappa shape index (κ1) is 15.6. The molecule has 7 heteroatoms. The Morgan fingerprint density at radius 2 is 1.96 bits per heavy atom. The minimum atomic E-state index is -3.54. The van der Waals surface area contributed by atoms with Crippen LogP contribution in [-0.2, 0) is 34.6 Å². The van der Waals surface area contributed by atoms with E-state index in [4.69, 9.17) is 4.74 Å². The molecule has 128 valence electrons. The molecule has 1 aromatic heterocycles. The molecule has 1 aliphatic heterocycles. The first-order valence-electron chi connectivity index (χ1n) is 8.63. The van der Waals surface area contributed by atoms with E-state index in [2.05, 4.69) is 5.10 Å². The van der Waals surface area contributed by atoms with Crippen molar-refractivity contribution in [2.24, 2.45) is 7.05 Å². The van der Waals surface area contributed by atoms with Gasteiger partial charge in [-0.1, -0.05) is 0 Å². The van der Waals surface area contributed by atoms with Crippen LogP contribution in [0.25, 0.3) is 0 Å². The molecule has 1 spiro atoms. The Labute approximate surface area is 137 Å². The monoisotopic (exact) mass is 339 g/mol. The van der Waals surface area contributed by atoms with Gasteiger partial charge in [0, 0.05) is 19.2 Å². The van der Waals surface area contributed by atoms with Gasteiger partial charge in [-0.05, 0) is 51.9 Å². The Kier molecular flexibility index (Phi) is 3.59. The van der Waals surface area contributed by atoms with E-state index < -0.39 is 10.0 Å². The Bertz CT molecular complexity index is 721. The Morgan fingerprint density at radius 3 is 2.65 bits per heavy atom. The minimum Gasteiger partial charge on any atom is -0.375 e. The SMILES string of the molecule is CC1CN(S(=O)(=O)c2c3c(nn2C)CCCC3)C2(CCC2)CO1. The maximum atomic E-state index is 13.5. The number of aryl methyl sites for hydroxylation is 2. The first-order valence-corrected chi connectivity index (χ1v) is 10.1. The van der Waals surface area contributed by atoms with Crippen LogP contribution in [0.2, 0.25) is 0 Å². The molecule has 0 bridgehead atoms. The number of sulfonamides is 1. The molecule has 23 heavy (non-hydrogen) atoms. The van der Waals surface area contributed by atoms with Crippen molar-refractivity contribution in [3.63, 3.8) is 0 Å². The number of morpholine rings is 1. The lowest BCUT2D eigenvalue weighted by Crippen LogP contribution is -2.64. The number of hydrogen-bond acceptors (Lipinski definition) is 4. The molecule has 0 amide bonds. The van der Waals surface area contributed by atoms with Crippen molar-refractivity contribution in [3.8, 4) is 0 Å². The third kappa shape index (κ3) is 2.27. The summed E-state index contributed by atoms with van der Waals surface area (Å²) in [6.07, 6.45) is 6.69. The van der Waals surface area contributed by atoms with E-state index in [1.807, 2.05) is 6.92 Å². The predicted molar refractivity (Wildman–Crippen MR) is 85.7 cm³/mol. The molecule has 2 heterocycles. The van der Waals surface area contributed by atoms with Gasteiger partial charge in [0.25, 0.3) is 10.0 Å². The molecular formula is C16H25N3O3S. The fourth-order valence-corrected chi connectivity index (χ4v) is 6.53. The molecule has 1 saturated heterocycles.